The van der Waals surface area contributed by atoms with Gasteiger partial charge in [-0.25, -0.2) is 0 Å². The fourth-order valence-electron chi connectivity index (χ4n) is 3.85. The molecule has 3 aromatic rings. The van der Waals surface area contributed by atoms with Crippen molar-refractivity contribution in [2.24, 2.45) is 7.05 Å². The van der Waals surface area contributed by atoms with E-state index in [1.807, 2.05) is 11.8 Å². The normalized spacial score (nSPS) is 14.0. The van der Waals surface area contributed by atoms with Gasteiger partial charge >= 0.3 is 0 Å². The van der Waals surface area contributed by atoms with Crippen LogP contribution < -0.4 is 14.8 Å². The van der Waals surface area contributed by atoms with Crippen LogP contribution in [0, 0.1) is 0 Å². The van der Waals surface area contributed by atoms with Crippen LogP contribution in [0.2, 0.25) is 0 Å². The lowest BCUT2D eigenvalue weighted by Gasteiger charge is -2.17. The number of rotatable bonds is 9. The largest absolute Gasteiger partial charge is 0.488 e. The quantitative estimate of drug-likeness (QED) is 0.484. The van der Waals surface area contributed by atoms with Crippen LogP contribution in [0.1, 0.15) is 46.9 Å². The van der Waals surface area contributed by atoms with Crippen molar-refractivity contribution < 1.29 is 24.2 Å². The molecular formula is C26H30N4O5. The summed E-state index contributed by atoms with van der Waals surface area (Å²) < 4.78 is 13.5. The third kappa shape index (κ3) is 6.19. The number of hydrogen-bond acceptors (Lipinski definition) is 6. The Kier molecular flexibility index (Phi) is 7.67. The van der Waals surface area contributed by atoms with Crippen molar-refractivity contribution >= 4 is 17.6 Å². The van der Waals surface area contributed by atoms with E-state index in [2.05, 4.69) is 10.4 Å². The Morgan fingerprint density at radius 1 is 1.03 bits per heavy atom. The summed E-state index contributed by atoms with van der Waals surface area (Å²) in [4.78, 5) is 27.3. The molecule has 1 saturated heterocycles. The van der Waals surface area contributed by atoms with Crippen molar-refractivity contribution in [2.45, 2.75) is 32.3 Å². The number of benzene rings is 2. The second-order valence-electron chi connectivity index (χ2n) is 8.48. The van der Waals surface area contributed by atoms with Gasteiger partial charge in [0.15, 0.2) is 5.82 Å². The molecule has 0 bridgehead atoms. The van der Waals surface area contributed by atoms with Gasteiger partial charge in [-0.15, -0.1) is 0 Å². The highest BCUT2D eigenvalue weighted by Crippen LogP contribution is 2.29. The minimum Gasteiger partial charge on any atom is -0.488 e. The van der Waals surface area contributed by atoms with E-state index in [9.17, 15) is 14.7 Å². The van der Waals surface area contributed by atoms with E-state index in [0.717, 1.165) is 25.9 Å². The topological polar surface area (TPSA) is 106 Å². The zero-order chi connectivity index (χ0) is 24.8. The molecule has 1 aromatic heterocycles. The lowest BCUT2D eigenvalue weighted by Crippen LogP contribution is -2.27. The molecule has 1 fully saturated rings. The van der Waals surface area contributed by atoms with Gasteiger partial charge in [-0.1, -0.05) is 6.92 Å². The van der Waals surface area contributed by atoms with E-state index >= 15 is 0 Å². The fraction of sp³-hybridized carbons (Fsp3) is 0.346. The first-order chi connectivity index (χ1) is 16.9. The number of likely N-dealkylation sites (tertiary alicyclic amines) is 1. The lowest BCUT2D eigenvalue weighted by atomic mass is 10.1. The number of aliphatic hydroxyl groups is 1. The van der Waals surface area contributed by atoms with Crippen LogP contribution in [0.5, 0.6) is 17.2 Å². The number of aliphatic hydroxyl groups excluding tert-OH is 1. The summed E-state index contributed by atoms with van der Waals surface area (Å²) in [6, 6.07) is 13.5. The highest BCUT2D eigenvalue weighted by atomic mass is 16.5. The monoisotopic (exact) mass is 478 g/mol. The molecule has 1 aliphatic rings. The molecule has 1 atom stereocenters. The minimum absolute atomic E-state index is 0.0209. The number of nitrogens with one attached hydrogen (secondary N) is 1. The van der Waals surface area contributed by atoms with Gasteiger partial charge in [0.1, 0.15) is 23.4 Å². The van der Waals surface area contributed by atoms with Crippen LogP contribution in [-0.2, 0) is 7.05 Å². The molecule has 0 unspecified atom stereocenters. The summed E-state index contributed by atoms with van der Waals surface area (Å²) in [5.74, 6) is 1.38. The summed E-state index contributed by atoms with van der Waals surface area (Å²) in [5, 5.41) is 16.5. The third-order valence-electron chi connectivity index (χ3n) is 5.79. The van der Waals surface area contributed by atoms with Crippen LogP contribution >= 0.6 is 0 Å². The fourth-order valence-corrected chi connectivity index (χ4v) is 3.85. The molecule has 9 nitrogen and oxygen atoms in total. The van der Waals surface area contributed by atoms with Crippen LogP contribution in [-0.4, -0.2) is 57.4 Å². The molecule has 2 aromatic carbocycles. The van der Waals surface area contributed by atoms with Gasteiger partial charge in [-0.3, -0.25) is 14.3 Å². The summed E-state index contributed by atoms with van der Waals surface area (Å²) in [5.41, 5.74) is 0.928. The molecule has 9 heteroatoms. The van der Waals surface area contributed by atoms with Crippen molar-refractivity contribution in [2.75, 3.05) is 25.0 Å². The maximum absolute atomic E-state index is 12.9. The molecule has 1 aliphatic heterocycles. The van der Waals surface area contributed by atoms with Crippen molar-refractivity contribution in [1.82, 2.24) is 14.7 Å². The summed E-state index contributed by atoms with van der Waals surface area (Å²) in [6.07, 6.45) is 4.00. The number of carbonyl (C=O) groups is 2. The van der Waals surface area contributed by atoms with Crippen LogP contribution in [0.15, 0.2) is 54.7 Å². The van der Waals surface area contributed by atoms with E-state index in [-0.39, 0.29) is 18.4 Å². The third-order valence-corrected chi connectivity index (χ3v) is 5.79. The maximum Gasteiger partial charge on any atom is 0.257 e. The highest BCUT2D eigenvalue weighted by Gasteiger charge is 2.19. The molecule has 0 aliphatic carbocycles. The van der Waals surface area contributed by atoms with Gasteiger partial charge in [-0.2, -0.15) is 5.10 Å². The SMILES string of the molecule is CC[C@@H](CO)Oc1cc(Oc2ccc(C(=O)N3CCCC3)cc2)cc(C(=O)Nc2ccn(C)n2)c1. The first kappa shape index (κ1) is 24.3. The van der Waals surface area contributed by atoms with E-state index in [4.69, 9.17) is 9.47 Å². The van der Waals surface area contributed by atoms with Crippen LogP contribution in [0.25, 0.3) is 0 Å². The standard InChI is InChI=1S/C26H30N4O5/c1-3-20(17-31)34-22-14-19(25(32)27-24-10-13-29(2)28-24)15-23(16-22)35-21-8-6-18(7-9-21)26(33)30-11-4-5-12-30/h6-10,13-16,20,31H,3-5,11-12,17H2,1-2H3,(H,27,28,32)/t20-/m0/s1. The number of amides is 2. The molecule has 4 rings (SSSR count). The summed E-state index contributed by atoms with van der Waals surface area (Å²) in [7, 11) is 1.76. The van der Waals surface area contributed by atoms with Crippen molar-refractivity contribution in [1.29, 1.82) is 0 Å². The number of ether oxygens (including phenoxy) is 2. The Hall–Kier alpha value is -3.85. The molecule has 0 spiro atoms. The van der Waals surface area contributed by atoms with Crippen molar-refractivity contribution in [3.05, 3.63) is 65.9 Å². The van der Waals surface area contributed by atoms with Gasteiger partial charge < -0.3 is 24.8 Å². The average Bonchev–Trinajstić information content (AvgIpc) is 3.54. The Morgan fingerprint density at radius 3 is 2.37 bits per heavy atom. The molecular weight excluding hydrogens is 448 g/mol. The Morgan fingerprint density at radius 2 is 1.74 bits per heavy atom. The Bertz CT molecular complexity index is 1160. The second kappa shape index (κ2) is 11.1. The smallest absolute Gasteiger partial charge is 0.257 e. The predicted molar refractivity (Wildman–Crippen MR) is 131 cm³/mol. The summed E-state index contributed by atoms with van der Waals surface area (Å²) >= 11 is 0. The van der Waals surface area contributed by atoms with Crippen molar-refractivity contribution in [3.63, 3.8) is 0 Å². The van der Waals surface area contributed by atoms with Crippen LogP contribution in [0.3, 0.4) is 0 Å². The average molecular weight is 479 g/mol. The van der Waals surface area contributed by atoms with Gasteiger partial charge in [0.2, 0.25) is 0 Å². The van der Waals surface area contributed by atoms with Crippen LogP contribution in [0.4, 0.5) is 5.82 Å². The summed E-state index contributed by atoms with van der Waals surface area (Å²) in [6.45, 7) is 3.34. The zero-order valence-corrected chi connectivity index (χ0v) is 19.9. The highest BCUT2D eigenvalue weighted by molar-refractivity contribution is 6.04. The molecule has 184 valence electrons. The minimum atomic E-state index is -0.409. The number of carbonyl (C=O) groups excluding carboxylic acids is 2. The first-order valence-corrected chi connectivity index (χ1v) is 11.8. The molecule has 2 N–H and O–H groups in total. The second-order valence-corrected chi connectivity index (χ2v) is 8.48. The van der Waals surface area contributed by atoms with Gasteiger partial charge in [0, 0.05) is 49.6 Å². The molecule has 2 amide bonds. The number of nitrogens with zero attached hydrogens (tertiary/aromatic N) is 3. The van der Waals surface area contributed by atoms with Gasteiger partial charge in [0.25, 0.3) is 11.8 Å². The molecule has 0 saturated carbocycles. The van der Waals surface area contributed by atoms with Gasteiger partial charge in [-0.05, 0) is 55.7 Å². The molecule has 0 radical (unpaired) electrons. The van der Waals surface area contributed by atoms with E-state index in [1.165, 1.54) is 0 Å². The van der Waals surface area contributed by atoms with E-state index in [0.29, 0.717) is 40.6 Å². The molecule has 35 heavy (non-hydrogen) atoms. The first-order valence-electron chi connectivity index (χ1n) is 11.8. The zero-order valence-electron chi connectivity index (χ0n) is 19.9. The maximum atomic E-state index is 12.9. The Labute approximate surface area is 204 Å². The number of aryl methyl sites for hydroxylation is 1. The van der Waals surface area contributed by atoms with E-state index < -0.39 is 6.10 Å². The van der Waals surface area contributed by atoms with Crippen molar-refractivity contribution in [3.8, 4) is 17.2 Å². The predicted octanol–water partition coefficient (Wildman–Crippen LogP) is 3.85. The number of hydrogen-bond donors (Lipinski definition) is 2. The van der Waals surface area contributed by atoms with Gasteiger partial charge in [0.05, 0.1) is 6.61 Å². The lowest BCUT2D eigenvalue weighted by molar-refractivity contribution is 0.0792. The Balaban J connectivity index is 1.54. The number of anilines is 1. The molecule has 2 heterocycles. The number of aromatic nitrogens is 2. The van der Waals surface area contributed by atoms with E-state index in [1.54, 1.807) is 66.5 Å².